The number of nitrogens with two attached hydrogens (primary N) is 1. The number of hydrogen-bond donors (Lipinski definition) is 2. The molecule has 0 radical (unpaired) electrons. The number of benzene rings is 2. The van der Waals surface area contributed by atoms with Gasteiger partial charge in [0.2, 0.25) is 5.91 Å². The van der Waals surface area contributed by atoms with Crippen LogP contribution >= 0.6 is 0 Å². The molecule has 28 heavy (non-hydrogen) atoms. The van der Waals surface area contributed by atoms with Crippen LogP contribution < -0.4 is 15.5 Å². The van der Waals surface area contributed by atoms with E-state index in [9.17, 15) is 9.59 Å². The topological polar surface area (TPSA) is 66.0 Å². The summed E-state index contributed by atoms with van der Waals surface area (Å²) in [4.78, 5) is 26.8. The van der Waals surface area contributed by atoms with Gasteiger partial charge < -0.3 is 10.6 Å². The first kappa shape index (κ1) is 18.7. The van der Waals surface area contributed by atoms with Crippen molar-refractivity contribution in [3.05, 3.63) is 59.2 Å². The minimum absolute atomic E-state index is 0.0351. The molecule has 0 bridgehead atoms. The van der Waals surface area contributed by atoms with Crippen molar-refractivity contribution in [3.63, 3.8) is 0 Å². The van der Waals surface area contributed by atoms with Crippen LogP contribution in [0.1, 0.15) is 49.4 Å². The molecule has 2 amide bonds. The van der Waals surface area contributed by atoms with E-state index in [1.165, 1.54) is 36.0 Å². The molecule has 146 valence electrons. The summed E-state index contributed by atoms with van der Waals surface area (Å²) in [6, 6.07) is 14.1. The Kier molecular flexibility index (Phi) is 5.18. The van der Waals surface area contributed by atoms with Crippen molar-refractivity contribution in [1.82, 2.24) is 0 Å². The summed E-state index contributed by atoms with van der Waals surface area (Å²) in [6.45, 7) is 4.14. The fourth-order valence-corrected chi connectivity index (χ4v) is 4.34. The van der Waals surface area contributed by atoms with Gasteiger partial charge in [0.25, 0.3) is 5.91 Å². The zero-order valence-electron chi connectivity index (χ0n) is 16.6. The molecule has 4 rings (SSSR count). The molecule has 0 fully saturated rings. The van der Waals surface area contributed by atoms with Gasteiger partial charge >= 0.3 is 0 Å². The van der Waals surface area contributed by atoms with Crippen LogP contribution in [-0.2, 0) is 22.4 Å². The number of amides is 2. The lowest BCUT2D eigenvalue weighted by Crippen LogP contribution is -2.92. The average molecular weight is 378 g/mol. The highest BCUT2D eigenvalue weighted by Crippen LogP contribution is 2.29. The molecule has 0 saturated carbocycles. The molecule has 2 aromatic rings. The zero-order chi connectivity index (χ0) is 19.7. The van der Waals surface area contributed by atoms with E-state index in [1.54, 1.807) is 4.90 Å². The Morgan fingerprint density at radius 1 is 1.07 bits per heavy atom. The van der Waals surface area contributed by atoms with Gasteiger partial charge in [0.1, 0.15) is 12.6 Å². The van der Waals surface area contributed by atoms with E-state index >= 15 is 0 Å². The maximum absolute atomic E-state index is 13.1. The van der Waals surface area contributed by atoms with E-state index in [0.29, 0.717) is 5.69 Å². The molecule has 5 nitrogen and oxygen atoms in total. The van der Waals surface area contributed by atoms with Crippen LogP contribution in [0.15, 0.2) is 42.5 Å². The Bertz CT molecular complexity index is 908. The number of hydrogen-bond acceptors (Lipinski definition) is 2. The molecule has 1 heterocycles. The highest BCUT2D eigenvalue weighted by molar-refractivity contribution is 6.10. The molecule has 0 aromatic heterocycles. The van der Waals surface area contributed by atoms with Crippen molar-refractivity contribution in [3.8, 4) is 0 Å². The molecule has 1 aliphatic carbocycles. The minimum atomic E-state index is -0.273. The van der Waals surface area contributed by atoms with Crippen molar-refractivity contribution in [2.24, 2.45) is 0 Å². The van der Waals surface area contributed by atoms with Gasteiger partial charge in [0.15, 0.2) is 6.04 Å². The summed E-state index contributed by atoms with van der Waals surface area (Å²) >= 11 is 0. The van der Waals surface area contributed by atoms with Crippen molar-refractivity contribution in [1.29, 1.82) is 0 Å². The number of quaternary nitrogens is 1. The van der Waals surface area contributed by atoms with Gasteiger partial charge in [-0.2, -0.15) is 0 Å². The van der Waals surface area contributed by atoms with Crippen molar-refractivity contribution in [2.75, 3.05) is 16.8 Å². The maximum Gasteiger partial charge on any atom is 0.285 e. The SMILES string of the molecule is C[C@H]([NH2+][C@H](C)c1ccc2c(c1)CCCC2)C(=O)N1CC(=O)Nc2ccccc21. The summed E-state index contributed by atoms with van der Waals surface area (Å²) in [5, 5.41) is 4.94. The number of aryl methyl sites for hydroxylation is 2. The largest absolute Gasteiger partial charge is 0.330 e. The quantitative estimate of drug-likeness (QED) is 0.859. The van der Waals surface area contributed by atoms with Gasteiger partial charge in [-0.05, 0) is 68.9 Å². The average Bonchev–Trinajstić information content (AvgIpc) is 2.72. The molecule has 0 spiro atoms. The molecule has 2 aromatic carbocycles. The van der Waals surface area contributed by atoms with E-state index in [2.05, 4.69) is 35.8 Å². The van der Waals surface area contributed by atoms with Gasteiger partial charge in [-0.15, -0.1) is 0 Å². The molecule has 3 N–H and O–H groups in total. The van der Waals surface area contributed by atoms with E-state index < -0.39 is 0 Å². The van der Waals surface area contributed by atoms with Crippen LogP contribution in [0.25, 0.3) is 0 Å². The predicted molar refractivity (Wildman–Crippen MR) is 110 cm³/mol. The van der Waals surface area contributed by atoms with Crippen molar-refractivity contribution < 1.29 is 14.9 Å². The van der Waals surface area contributed by atoms with Gasteiger partial charge in [-0.1, -0.05) is 24.3 Å². The number of fused-ring (bicyclic) bond motifs is 2. The molecule has 2 aliphatic rings. The molecule has 2 atom stereocenters. The van der Waals surface area contributed by atoms with Crippen LogP contribution in [0, 0.1) is 0 Å². The summed E-state index contributed by atoms with van der Waals surface area (Å²) in [7, 11) is 0. The third kappa shape index (κ3) is 3.67. The molecule has 0 unspecified atom stereocenters. The van der Waals surface area contributed by atoms with Gasteiger partial charge in [-0.3, -0.25) is 14.5 Å². The zero-order valence-corrected chi connectivity index (χ0v) is 16.6. The lowest BCUT2D eigenvalue weighted by atomic mass is 9.89. The normalized spacial score (nSPS) is 17.9. The lowest BCUT2D eigenvalue weighted by Gasteiger charge is -2.31. The summed E-state index contributed by atoms with van der Waals surface area (Å²) in [6.07, 6.45) is 4.88. The van der Waals surface area contributed by atoms with Gasteiger partial charge in [0.05, 0.1) is 11.4 Å². The molecule has 0 saturated heterocycles. The van der Waals surface area contributed by atoms with Crippen molar-refractivity contribution >= 4 is 23.2 Å². The van der Waals surface area contributed by atoms with Crippen LogP contribution in [0.4, 0.5) is 11.4 Å². The smallest absolute Gasteiger partial charge is 0.285 e. The second-order valence-corrected chi connectivity index (χ2v) is 7.99. The number of carbonyl (C=O) groups excluding carboxylic acids is 2. The number of anilines is 2. The standard InChI is InChI=1S/C23H27N3O2/c1-15(18-12-11-17-7-3-4-8-19(17)13-18)24-16(2)23(28)26-14-22(27)25-20-9-5-6-10-21(20)26/h5-6,9-13,15-16,24H,3-4,7-8,14H2,1-2H3,(H,25,27)/p+1/t15-,16+/m1/s1. The van der Waals surface area contributed by atoms with Crippen LogP contribution in [0.3, 0.4) is 0 Å². The minimum Gasteiger partial charge on any atom is -0.330 e. The number of rotatable bonds is 4. The Morgan fingerprint density at radius 2 is 1.82 bits per heavy atom. The molecular formula is C23H28N3O2+. The van der Waals surface area contributed by atoms with Crippen LogP contribution in [0.2, 0.25) is 0 Å². The second-order valence-electron chi connectivity index (χ2n) is 7.99. The Balaban J connectivity index is 1.48. The lowest BCUT2D eigenvalue weighted by molar-refractivity contribution is -0.710. The highest BCUT2D eigenvalue weighted by atomic mass is 16.2. The Morgan fingerprint density at radius 3 is 2.64 bits per heavy atom. The van der Waals surface area contributed by atoms with E-state index in [0.717, 1.165) is 12.1 Å². The number of nitrogens with zero attached hydrogens (tertiary/aromatic N) is 1. The third-order valence-electron chi connectivity index (χ3n) is 5.90. The fraction of sp³-hybridized carbons (Fsp3) is 0.391. The van der Waals surface area contributed by atoms with E-state index in [4.69, 9.17) is 0 Å². The first-order valence-electron chi connectivity index (χ1n) is 10.2. The van der Waals surface area contributed by atoms with Crippen molar-refractivity contribution in [2.45, 2.75) is 51.6 Å². The van der Waals surface area contributed by atoms with E-state index in [-0.39, 0.29) is 30.4 Å². The highest BCUT2D eigenvalue weighted by Gasteiger charge is 2.32. The summed E-state index contributed by atoms with van der Waals surface area (Å²) in [5.74, 6) is -0.186. The summed E-state index contributed by atoms with van der Waals surface area (Å²) in [5.41, 5.74) is 5.67. The van der Waals surface area contributed by atoms with Gasteiger partial charge in [-0.25, -0.2) is 0 Å². The number of nitrogens with one attached hydrogen (secondary N) is 1. The molecule has 5 heteroatoms. The van der Waals surface area contributed by atoms with E-state index in [1.807, 2.05) is 31.2 Å². The second kappa shape index (κ2) is 7.76. The number of para-hydroxylation sites is 2. The Hall–Kier alpha value is -2.66. The molecular weight excluding hydrogens is 350 g/mol. The third-order valence-corrected chi connectivity index (χ3v) is 5.90. The number of carbonyl (C=O) groups is 2. The Labute approximate surface area is 166 Å². The fourth-order valence-electron chi connectivity index (χ4n) is 4.34. The maximum atomic E-state index is 13.1. The molecule has 1 aliphatic heterocycles. The van der Waals surface area contributed by atoms with Crippen LogP contribution in [0.5, 0.6) is 0 Å². The monoisotopic (exact) mass is 378 g/mol. The summed E-state index contributed by atoms with van der Waals surface area (Å²) < 4.78 is 0. The van der Waals surface area contributed by atoms with Gasteiger partial charge in [0, 0.05) is 5.56 Å². The first-order chi connectivity index (χ1) is 13.5. The van der Waals surface area contributed by atoms with Crippen LogP contribution in [-0.4, -0.2) is 24.4 Å². The first-order valence-corrected chi connectivity index (χ1v) is 10.2. The predicted octanol–water partition coefficient (Wildman–Crippen LogP) is 2.56.